The van der Waals surface area contributed by atoms with Crippen LogP contribution in [0.25, 0.3) is 0 Å². The summed E-state index contributed by atoms with van der Waals surface area (Å²) >= 11 is 5.95. The molecule has 0 atom stereocenters. The van der Waals surface area contributed by atoms with Crippen molar-refractivity contribution in [2.45, 2.75) is 13.0 Å². The van der Waals surface area contributed by atoms with E-state index in [9.17, 15) is 9.18 Å². The van der Waals surface area contributed by atoms with Crippen LogP contribution in [0.15, 0.2) is 51.8 Å². The molecule has 1 heterocycles. The molecule has 0 aliphatic heterocycles. The van der Waals surface area contributed by atoms with Crippen molar-refractivity contribution < 1.29 is 13.7 Å². The highest BCUT2D eigenvalue weighted by molar-refractivity contribution is 6.30. The molecule has 3 aromatic rings. The fourth-order valence-corrected chi connectivity index (χ4v) is 2.55. The minimum Gasteiger partial charge on any atom is -0.496 e. The quantitative estimate of drug-likeness (QED) is 0.710. The van der Waals surface area contributed by atoms with Gasteiger partial charge in [-0.1, -0.05) is 35.0 Å². The van der Waals surface area contributed by atoms with Gasteiger partial charge in [-0.25, -0.2) is 9.18 Å². The molecule has 0 bridgehead atoms. The van der Waals surface area contributed by atoms with Crippen LogP contribution in [0.1, 0.15) is 17.0 Å². The normalized spacial score (nSPS) is 10.8. The van der Waals surface area contributed by atoms with Gasteiger partial charge in [0.05, 0.1) is 13.7 Å². The molecule has 0 N–H and O–H groups in total. The van der Waals surface area contributed by atoms with Gasteiger partial charge < -0.3 is 4.74 Å². The lowest BCUT2D eigenvalue weighted by atomic mass is 10.1. The predicted octanol–water partition coefficient (Wildman–Crippen LogP) is 3.28. The average Bonchev–Trinajstić information content (AvgIpc) is 2.91. The van der Waals surface area contributed by atoms with E-state index in [1.807, 2.05) is 0 Å². The van der Waals surface area contributed by atoms with Crippen molar-refractivity contribution in [3.05, 3.63) is 80.8 Å². The van der Waals surface area contributed by atoms with Crippen LogP contribution in [0.2, 0.25) is 5.02 Å². The summed E-state index contributed by atoms with van der Waals surface area (Å²) in [5, 5.41) is 4.36. The Hall–Kier alpha value is -2.60. The molecule has 0 unspecified atom stereocenters. The van der Waals surface area contributed by atoms with E-state index in [0.29, 0.717) is 23.0 Å². The average molecular weight is 349 g/mol. The molecule has 5 nitrogen and oxygen atoms in total. The van der Waals surface area contributed by atoms with Crippen LogP contribution in [0.5, 0.6) is 5.75 Å². The topological polar surface area (TPSA) is 57.3 Å². The highest BCUT2D eigenvalue weighted by Gasteiger charge is 2.14. The molecule has 0 saturated heterocycles. The lowest BCUT2D eigenvalue weighted by Crippen LogP contribution is -2.18. The molecular weight excluding hydrogens is 335 g/mol. The van der Waals surface area contributed by atoms with Gasteiger partial charge in [0.2, 0.25) is 0 Å². The first-order valence-corrected chi connectivity index (χ1v) is 7.57. The molecule has 2 aromatic carbocycles. The van der Waals surface area contributed by atoms with E-state index in [-0.39, 0.29) is 12.4 Å². The van der Waals surface area contributed by atoms with Crippen molar-refractivity contribution in [2.24, 2.45) is 0 Å². The molecular formula is C17H14ClFN2O3. The molecule has 0 aliphatic rings. The van der Waals surface area contributed by atoms with E-state index < -0.39 is 5.76 Å². The van der Waals surface area contributed by atoms with E-state index in [1.165, 1.54) is 23.8 Å². The van der Waals surface area contributed by atoms with Gasteiger partial charge in [0.25, 0.3) is 0 Å². The molecule has 0 aliphatic carbocycles. The van der Waals surface area contributed by atoms with Crippen LogP contribution >= 0.6 is 11.6 Å². The minimum atomic E-state index is -0.566. The molecule has 0 spiro atoms. The van der Waals surface area contributed by atoms with Gasteiger partial charge in [-0.15, -0.1) is 0 Å². The highest BCUT2D eigenvalue weighted by Crippen LogP contribution is 2.24. The number of rotatable bonds is 5. The number of hydrogen-bond donors (Lipinski definition) is 0. The first-order chi connectivity index (χ1) is 11.6. The summed E-state index contributed by atoms with van der Waals surface area (Å²) in [4.78, 5) is 12.0. The highest BCUT2D eigenvalue weighted by atomic mass is 35.5. The number of hydrogen-bond acceptors (Lipinski definition) is 4. The van der Waals surface area contributed by atoms with Crippen LogP contribution in [-0.4, -0.2) is 16.8 Å². The second-order valence-electron chi connectivity index (χ2n) is 5.21. The van der Waals surface area contributed by atoms with E-state index in [0.717, 1.165) is 11.1 Å². The molecule has 0 saturated carbocycles. The van der Waals surface area contributed by atoms with Crippen molar-refractivity contribution >= 4 is 11.6 Å². The summed E-state index contributed by atoms with van der Waals surface area (Å²) in [6.07, 6.45) is 0.349. The van der Waals surface area contributed by atoms with Crippen LogP contribution in [0.3, 0.4) is 0 Å². The third kappa shape index (κ3) is 3.49. The van der Waals surface area contributed by atoms with E-state index in [4.69, 9.17) is 20.9 Å². The zero-order chi connectivity index (χ0) is 17.1. The zero-order valence-corrected chi connectivity index (χ0v) is 13.6. The molecule has 0 amide bonds. The Kier molecular flexibility index (Phi) is 4.66. The fourth-order valence-electron chi connectivity index (χ4n) is 2.38. The van der Waals surface area contributed by atoms with E-state index in [2.05, 4.69) is 5.16 Å². The summed E-state index contributed by atoms with van der Waals surface area (Å²) < 4.78 is 24.5. The monoisotopic (exact) mass is 348 g/mol. The molecule has 3 rings (SSSR count). The summed E-state index contributed by atoms with van der Waals surface area (Å²) in [6, 6.07) is 11.2. The standard InChI is InChI=1S/C17H14ClFN2O3/c1-23-15-9-13(18)5-4-12(15)10-21-16(20-24-17(21)22)8-11-2-6-14(19)7-3-11/h2-7,9H,8,10H2,1H3. The predicted molar refractivity (Wildman–Crippen MR) is 87.1 cm³/mol. The van der Waals surface area contributed by atoms with E-state index in [1.54, 1.807) is 30.3 Å². The Morgan fingerprint density at radius 3 is 2.71 bits per heavy atom. The van der Waals surface area contributed by atoms with Crippen LogP contribution in [0, 0.1) is 5.82 Å². The molecule has 0 fully saturated rings. The number of nitrogens with zero attached hydrogens (tertiary/aromatic N) is 2. The summed E-state index contributed by atoms with van der Waals surface area (Å²) in [5.41, 5.74) is 1.59. The lowest BCUT2D eigenvalue weighted by Gasteiger charge is -2.10. The van der Waals surface area contributed by atoms with Gasteiger partial charge >= 0.3 is 5.76 Å². The van der Waals surface area contributed by atoms with Gasteiger partial charge in [0.15, 0.2) is 5.82 Å². The molecule has 0 radical (unpaired) electrons. The van der Waals surface area contributed by atoms with Gasteiger partial charge in [-0.05, 0) is 29.8 Å². The Morgan fingerprint density at radius 1 is 1.25 bits per heavy atom. The van der Waals surface area contributed by atoms with Gasteiger partial charge in [0.1, 0.15) is 11.6 Å². The Labute approximate surface area is 142 Å². The first kappa shape index (κ1) is 16.3. The van der Waals surface area contributed by atoms with Crippen LogP contribution in [-0.2, 0) is 13.0 Å². The number of aromatic nitrogens is 2. The summed E-state index contributed by atoms with van der Waals surface area (Å²) in [5.74, 6) is 0.137. The zero-order valence-electron chi connectivity index (χ0n) is 12.8. The van der Waals surface area contributed by atoms with Gasteiger partial charge in [0, 0.05) is 17.0 Å². The van der Waals surface area contributed by atoms with Gasteiger partial charge in [-0.2, -0.15) is 0 Å². The summed E-state index contributed by atoms with van der Waals surface area (Å²) in [7, 11) is 1.53. The number of benzene rings is 2. The van der Waals surface area contributed by atoms with Crippen molar-refractivity contribution in [1.29, 1.82) is 0 Å². The first-order valence-electron chi connectivity index (χ1n) is 7.19. The Morgan fingerprint density at radius 2 is 2.00 bits per heavy atom. The molecule has 7 heteroatoms. The van der Waals surface area contributed by atoms with Crippen molar-refractivity contribution in [3.63, 3.8) is 0 Å². The maximum atomic E-state index is 13.0. The maximum Gasteiger partial charge on any atom is 0.441 e. The van der Waals surface area contributed by atoms with Crippen LogP contribution in [0.4, 0.5) is 4.39 Å². The molecule has 24 heavy (non-hydrogen) atoms. The van der Waals surface area contributed by atoms with Crippen molar-refractivity contribution in [1.82, 2.24) is 9.72 Å². The third-order valence-electron chi connectivity index (χ3n) is 3.61. The second kappa shape index (κ2) is 6.88. The number of methoxy groups -OCH3 is 1. The molecule has 1 aromatic heterocycles. The maximum absolute atomic E-state index is 13.0. The number of ether oxygens (including phenoxy) is 1. The lowest BCUT2D eigenvalue weighted by molar-refractivity contribution is 0.374. The van der Waals surface area contributed by atoms with Gasteiger partial charge in [-0.3, -0.25) is 9.09 Å². The Balaban J connectivity index is 1.90. The minimum absolute atomic E-state index is 0.235. The van der Waals surface area contributed by atoms with Crippen LogP contribution < -0.4 is 10.5 Å². The van der Waals surface area contributed by atoms with Crippen molar-refractivity contribution in [2.75, 3.05) is 7.11 Å². The van der Waals surface area contributed by atoms with Crippen molar-refractivity contribution in [3.8, 4) is 5.75 Å². The smallest absolute Gasteiger partial charge is 0.441 e. The third-order valence-corrected chi connectivity index (χ3v) is 3.85. The fraction of sp³-hybridized carbons (Fsp3) is 0.176. The number of halogens is 2. The summed E-state index contributed by atoms with van der Waals surface area (Å²) in [6.45, 7) is 0.235. The Bertz CT molecular complexity index is 903. The second-order valence-corrected chi connectivity index (χ2v) is 5.65. The molecule has 124 valence electrons. The van der Waals surface area contributed by atoms with E-state index >= 15 is 0 Å². The largest absolute Gasteiger partial charge is 0.496 e. The SMILES string of the molecule is COc1cc(Cl)ccc1Cn1c(Cc2ccc(F)cc2)noc1=O.